The second kappa shape index (κ2) is 8.40. The molecule has 3 aliphatic heterocycles. The number of piperidine rings is 3. The highest BCUT2D eigenvalue weighted by atomic mass is 19.3. The predicted octanol–water partition coefficient (Wildman–Crippen LogP) is 3.94. The Hall–Kier alpha value is -0.260. The molecule has 152 valence electrons. The molecule has 0 spiro atoms. The van der Waals surface area contributed by atoms with Gasteiger partial charge < -0.3 is 4.90 Å². The van der Waals surface area contributed by atoms with Gasteiger partial charge in [-0.15, -0.1) is 0 Å². The van der Waals surface area contributed by atoms with Crippen LogP contribution in [-0.2, 0) is 0 Å². The monoisotopic (exact) mass is 371 g/mol. The number of hydrogen-bond acceptors (Lipinski definition) is 3. The molecule has 0 aromatic rings. The zero-order valence-corrected chi connectivity index (χ0v) is 17.3. The lowest BCUT2D eigenvalue weighted by atomic mass is 9.85. The van der Waals surface area contributed by atoms with Crippen LogP contribution in [0.2, 0.25) is 0 Å². The van der Waals surface area contributed by atoms with Crippen molar-refractivity contribution < 1.29 is 8.78 Å². The molecule has 0 aliphatic carbocycles. The van der Waals surface area contributed by atoms with Crippen LogP contribution in [0.1, 0.15) is 59.8 Å². The van der Waals surface area contributed by atoms with Gasteiger partial charge in [0.1, 0.15) is 0 Å². The maximum absolute atomic E-state index is 15.0. The van der Waals surface area contributed by atoms with Gasteiger partial charge in [-0.25, -0.2) is 8.78 Å². The third kappa shape index (κ3) is 4.59. The number of hydrogen-bond donors (Lipinski definition) is 0. The van der Waals surface area contributed by atoms with Gasteiger partial charge in [0, 0.05) is 18.6 Å². The van der Waals surface area contributed by atoms with E-state index in [1.54, 1.807) is 0 Å². The fraction of sp³-hybridized carbons (Fsp3) is 1.00. The average molecular weight is 372 g/mol. The first-order valence-electron chi connectivity index (χ1n) is 10.9. The molecule has 0 saturated carbocycles. The van der Waals surface area contributed by atoms with E-state index in [1.165, 1.54) is 0 Å². The van der Waals surface area contributed by atoms with Crippen molar-refractivity contribution in [3.05, 3.63) is 0 Å². The fourth-order valence-electron chi connectivity index (χ4n) is 5.38. The second-order valence-corrected chi connectivity index (χ2v) is 9.51. The van der Waals surface area contributed by atoms with Gasteiger partial charge in [-0.3, -0.25) is 9.80 Å². The summed E-state index contributed by atoms with van der Waals surface area (Å²) < 4.78 is 30.1. The van der Waals surface area contributed by atoms with Crippen molar-refractivity contribution in [1.82, 2.24) is 14.7 Å². The molecule has 26 heavy (non-hydrogen) atoms. The van der Waals surface area contributed by atoms with E-state index in [-0.39, 0.29) is 6.54 Å². The van der Waals surface area contributed by atoms with Crippen LogP contribution >= 0.6 is 0 Å². The predicted molar refractivity (Wildman–Crippen MR) is 104 cm³/mol. The summed E-state index contributed by atoms with van der Waals surface area (Å²) in [6, 6.07) is 0.378. The van der Waals surface area contributed by atoms with E-state index < -0.39 is 12.0 Å². The first kappa shape index (κ1) is 20.5. The molecule has 3 heterocycles. The first-order valence-corrected chi connectivity index (χ1v) is 10.9. The normalized spacial score (nSPS) is 31.2. The summed E-state index contributed by atoms with van der Waals surface area (Å²) in [4.78, 5) is 6.69. The molecule has 3 saturated heterocycles. The number of alkyl halides is 2. The Kier molecular flexibility index (Phi) is 6.62. The van der Waals surface area contributed by atoms with Gasteiger partial charge in [-0.2, -0.15) is 0 Å². The summed E-state index contributed by atoms with van der Waals surface area (Å²) in [5.74, 6) is -1.18. The third-order valence-corrected chi connectivity index (χ3v) is 7.29. The molecule has 5 heteroatoms. The molecule has 0 radical (unpaired) electrons. The van der Waals surface area contributed by atoms with Crippen molar-refractivity contribution in [1.29, 1.82) is 0 Å². The van der Waals surface area contributed by atoms with Crippen molar-refractivity contribution in [2.45, 2.75) is 83.8 Å². The molecule has 0 N–H and O–H groups in total. The van der Waals surface area contributed by atoms with Crippen LogP contribution in [0.25, 0.3) is 0 Å². The van der Waals surface area contributed by atoms with Crippen LogP contribution in [0.15, 0.2) is 0 Å². The van der Waals surface area contributed by atoms with E-state index in [1.807, 2.05) is 0 Å². The van der Waals surface area contributed by atoms with Crippen LogP contribution in [0, 0.1) is 11.8 Å². The Morgan fingerprint density at radius 3 is 1.85 bits per heavy atom. The lowest BCUT2D eigenvalue weighted by molar-refractivity contribution is -0.142. The maximum Gasteiger partial charge on any atom is 0.275 e. The summed E-state index contributed by atoms with van der Waals surface area (Å²) in [7, 11) is 0. The molecule has 0 aromatic heterocycles. The van der Waals surface area contributed by atoms with E-state index in [0.29, 0.717) is 30.3 Å². The highest BCUT2D eigenvalue weighted by molar-refractivity contribution is 4.97. The Balaban J connectivity index is 1.52. The van der Waals surface area contributed by atoms with Crippen molar-refractivity contribution in [2.75, 3.05) is 39.3 Å². The van der Waals surface area contributed by atoms with Crippen LogP contribution < -0.4 is 0 Å². The Bertz CT molecular complexity index is 439. The van der Waals surface area contributed by atoms with Gasteiger partial charge in [-0.1, -0.05) is 13.8 Å². The van der Waals surface area contributed by atoms with E-state index in [2.05, 4.69) is 42.4 Å². The lowest BCUT2D eigenvalue weighted by Crippen LogP contribution is -2.62. The van der Waals surface area contributed by atoms with Gasteiger partial charge in [0.2, 0.25) is 0 Å². The highest BCUT2D eigenvalue weighted by Gasteiger charge is 2.49. The summed E-state index contributed by atoms with van der Waals surface area (Å²) in [5.41, 5.74) is 0. The quantitative estimate of drug-likeness (QED) is 0.741. The van der Waals surface area contributed by atoms with Crippen molar-refractivity contribution in [3.8, 4) is 0 Å². The standard InChI is InChI=1S/C21H39F2N3/c1-16(2)18-5-10-25(11-6-18)20-9-14-26(15-21(20,22)23)19-7-12-24(13-8-19)17(3)4/h16-20H,5-15H2,1-4H3. The fourth-order valence-corrected chi connectivity index (χ4v) is 5.38. The van der Waals surface area contributed by atoms with Crippen LogP contribution in [0.5, 0.6) is 0 Å². The minimum atomic E-state index is -2.57. The molecule has 0 aromatic carbocycles. The Morgan fingerprint density at radius 2 is 1.35 bits per heavy atom. The Morgan fingerprint density at radius 1 is 0.769 bits per heavy atom. The minimum absolute atomic E-state index is 0.0336. The van der Waals surface area contributed by atoms with Gasteiger partial charge in [-0.05, 0) is 84.0 Å². The van der Waals surface area contributed by atoms with Gasteiger partial charge in [0.05, 0.1) is 12.6 Å². The zero-order valence-electron chi connectivity index (χ0n) is 17.3. The average Bonchev–Trinajstić information content (AvgIpc) is 2.61. The van der Waals surface area contributed by atoms with E-state index in [9.17, 15) is 0 Å². The maximum atomic E-state index is 15.0. The van der Waals surface area contributed by atoms with Crippen LogP contribution in [0.4, 0.5) is 8.78 Å². The molecule has 0 amide bonds. The molecule has 1 atom stereocenters. The molecule has 3 aliphatic rings. The van der Waals surface area contributed by atoms with E-state index >= 15 is 8.78 Å². The molecular weight excluding hydrogens is 332 g/mol. The third-order valence-electron chi connectivity index (χ3n) is 7.29. The second-order valence-electron chi connectivity index (χ2n) is 9.51. The Labute approximate surface area is 159 Å². The summed E-state index contributed by atoms with van der Waals surface area (Å²) >= 11 is 0. The van der Waals surface area contributed by atoms with E-state index in [0.717, 1.165) is 58.4 Å². The number of rotatable bonds is 4. The molecule has 0 bridgehead atoms. The van der Waals surface area contributed by atoms with Crippen LogP contribution in [0.3, 0.4) is 0 Å². The molecule has 3 fully saturated rings. The molecule has 3 rings (SSSR count). The lowest BCUT2D eigenvalue weighted by Gasteiger charge is -2.49. The molecular formula is C21H39F2N3. The zero-order chi connectivity index (χ0) is 18.9. The van der Waals surface area contributed by atoms with Crippen molar-refractivity contribution >= 4 is 0 Å². The van der Waals surface area contributed by atoms with Gasteiger partial charge in [0.25, 0.3) is 5.92 Å². The van der Waals surface area contributed by atoms with Crippen LogP contribution in [-0.4, -0.2) is 78.0 Å². The number of likely N-dealkylation sites (tertiary alicyclic amines) is 3. The first-order chi connectivity index (χ1) is 12.3. The summed E-state index contributed by atoms with van der Waals surface area (Å²) in [6.07, 6.45) is 4.88. The van der Waals surface area contributed by atoms with Crippen molar-refractivity contribution in [3.63, 3.8) is 0 Å². The molecule has 3 nitrogen and oxygen atoms in total. The highest BCUT2D eigenvalue weighted by Crippen LogP contribution is 2.36. The summed E-state index contributed by atoms with van der Waals surface area (Å²) in [5, 5.41) is 0. The largest absolute Gasteiger partial charge is 0.301 e. The topological polar surface area (TPSA) is 9.72 Å². The number of halogens is 2. The van der Waals surface area contributed by atoms with Gasteiger partial charge in [0.15, 0.2) is 0 Å². The van der Waals surface area contributed by atoms with E-state index in [4.69, 9.17) is 0 Å². The molecule has 1 unspecified atom stereocenters. The smallest absolute Gasteiger partial charge is 0.275 e. The summed E-state index contributed by atoms with van der Waals surface area (Å²) in [6.45, 7) is 13.6. The van der Waals surface area contributed by atoms with Crippen molar-refractivity contribution in [2.24, 2.45) is 11.8 Å². The SMILES string of the molecule is CC(C)C1CCN(C2CCN(C3CCN(C(C)C)CC3)CC2(F)F)CC1. The number of nitrogens with zero attached hydrogens (tertiary/aromatic N) is 3. The van der Waals surface area contributed by atoms with Gasteiger partial charge >= 0.3 is 0 Å². The minimum Gasteiger partial charge on any atom is -0.301 e.